The van der Waals surface area contributed by atoms with E-state index in [1.54, 1.807) is 13.8 Å². The van der Waals surface area contributed by atoms with Crippen LogP contribution in [0.2, 0.25) is 0 Å². The maximum absolute atomic E-state index is 13.9. The van der Waals surface area contributed by atoms with Crippen LogP contribution in [0.3, 0.4) is 0 Å². The third-order valence-corrected chi connectivity index (χ3v) is 11.1. The van der Waals surface area contributed by atoms with E-state index in [0.29, 0.717) is 41.2 Å². The molecule has 3 N–H and O–H groups in total. The van der Waals surface area contributed by atoms with Crippen molar-refractivity contribution in [2.75, 3.05) is 56.5 Å². The number of ketones is 1. The van der Waals surface area contributed by atoms with Crippen molar-refractivity contribution >= 4 is 52.0 Å². The Kier molecular flexibility index (Phi) is 11.1. The number of likely N-dealkylation sites (N-methyl/N-ethyl adjacent to an activating group) is 1. The lowest BCUT2D eigenvalue weighted by atomic mass is 9.98. The Morgan fingerprint density at radius 1 is 1.07 bits per heavy atom. The Balaban J connectivity index is 0.00000240. The van der Waals surface area contributed by atoms with E-state index in [2.05, 4.69) is 43.7 Å². The van der Waals surface area contributed by atoms with E-state index < -0.39 is 32.1 Å². The standard InChI is InChI=1S/C31H39F2N7O3S.2ClH/c1-31(2)30-26(19-40(31)44(42,43)24-14-20(32)13-21(33)15-24)28(36-37-30)17-29(41)25-7-6-23(39-11-9-38(3)10-12-39)16-27(25)35-18-22-5-4-8-34-22;;/h6-7,13-16,22,34-35H,4-5,8-12,17-19H2,1-3H3,(H,36,37);2*1H/t22-;;/m0../s1. The lowest BCUT2D eigenvalue weighted by molar-refractivity contribution is 0.0992. The minimum absolute atomic E-state index is 0. The van der Waals surface area contributed by atoms with E-state index in [4.69, 9.17) is 0 Å². The first kappa shape index (κ1) is 36.0. The number of hydrogen-bond donors (Lipinski definition) is 3. The largest absolute Gasteiger partial charge is 0.383 e. The molecule has 2 fully saturated rings. The third-order valence-electron chi connectivity index (χ3n) is 9.09. The van der Waals surface area contributed by atoms with Gasteiger partial charge in [-0.25, -0.2) is 17.2 Å². The number of benzene rings is 2. The maximum atomic E-state index is 13.9. The Bertz CT molecular complexity index is 1650. The van der Waals surface area contributed by atoms with Crippen LogP contribution in [0.5, 0.6) is 0 Å². The van der Waals surface area contributed by atoms with E-state index >= 15 is 0 Å². The fourth-order valence-corrected chi connectivity index (χ4v) is 8.24. The van der Waals surface area contributed by atoms with Crippen molar-refractivity contribution in [2.45, 2.75) is 56.1 Å². The summed E-state index contributed by atoms with van der Waals surface area (Å²) in [5.74, 6) is -2.08. The molecule has 10 nitrogen and oxygen atoms in total. The van der Waals surface area contributed by atoms with Gasteiger partial charge in [-0.15, -0.1) is 24.8 Å². The van der Waals surface area contributed by atoms with Crippen molar-refractivity contribution < 1.29 is 22.0 Å². The molecule has 252 valence electrons. The van der Waals surface area contributed by atoms with Crippen LogP contribution in [-0.2, 0) is 28.5 Å². The van der Waals surface area contributed by atoms with Gasteiger partial charge in [0.2, 0.25) is 10.0 Å². The van der Waals surface area contributed by atoms with Gasteiger partial charge in [0.05, 0.1) is 22.5 Å². The van der Waals surface area contributed by atoms with Crippen LogP contribution in [0.1, 0.15) is 54.0 Å². The summed E-state index contributed by atoms with van der Waals surface area (Å²) in [5.41, 5.74) is 2.89. The van der Waals surface area contributed by atoms with Gasteiger partial charge in [-0.1, -0.05) is 0 Å². The molecule has 2 aromatic carbocycles. The molecule has 0 unspecified atom stereocenters. The number of H-pyrrole nitrogens is 1. The van der Waals surface area contributed by atoms with Crippen LogP contribution in [0.4, 0.5) is 20.2 Å². The lowest BCUT2D eigenvalue weighted by Gasteiger charge is -2.34. The SMILES string of the molecule is CN1CCN(c2ccc(C(=O)Cc3[nH]nc4c3CN(S(=O)(=O)c3cc(F)cc(F)c3)C4(C)C)c(NC[C@@H]3CCCN3)c2)CC1.Cl.Cl. The fourth-order valence-electron chi connectivity index (χ4n) is 6.48. The van der Waals surface area contributed by atoms with Gasteiger partial charge >= 0.3 is 0 Å². The van der Waals surface area contributed by atoms with Gasteiger partial charge in [0, 0.05) is 79.6 Å². The van der Waals surface area contributed by atoms with E-state index in [-0.39, 0.29) is 43.6 Å². The van der Waals surface area contributed by atoms with E-state index in [0.717, 1.165) is 69.1 Å². The molecule has 3 aliphatic heterocycles. The van der Waals surface area contributed by atoms with Gasteiger partial charge in [-0.2, -0.15) is 9.40 Å². The fraction of sp³-hybridized carbons (Fsp3) is 0.484. The topological polar surface area (TPSA) is 114 Å². The number of aromatic amines is 1. The normalized spacial score (nSPS) is 19.8. The van der Waals surface area contributed by atoms with Crippen molar-refractivity contribution in [1.29, 1.82) is 0 Å². The zero-order valence-electron chi connectivity index (χ0n) is 26.1. The molecular weight excluding hydrogens is 659 g/mol. The Morgan fingerprint density at radius 3 is 2.41 bits per heavy atom. The summed E-state index contributed by atoms with van der Waals surface area (Å²) >= 11 is 0. The predicted molar refractivity (Wildman–Crippen MR) is 179 cm³/mol. The molecule has 46 heavy (non-hydrogen) atoms. The number of rotatable bonds is 9. The quantitative estimate of drug-likeness (QED) is 0.283. The average Bonchev–Trinajstić information content (AvgIpc) is 3.70. The van der Waals surface area contributed by atoms with Crippen LogP contribution < -0.4 is 15.5 Å². The van der Waals surface area contributed by atoms with Gasteiger partial charge in [0.1, 0.15) is 11.6 Å². The second kappa shape index (κ2) is 14.1. The Labute approximate surface area is 281 Å². The number of nitrogens with one attached hydrogen (secondary N) is 3. The molecule has 2 saturated heterocycles. The van der Waals surface area contributed by atoms with Crippen LogP contribution in [0.25, 0.3) is 0 Å². The van der Waals surface area contributed by atoms with E-state index in [9.17, 15) is 22.0 Å². The molecule has 15 heteroatoms. The van der Waals surface area contributed by atoms with Gasteiger partial charge in [0.15, 0.2) is 5.78 Å². The van der Waals surface area contributed by atoms with Crippen molar-refractivity contribution in [3.8, 4) is 0 Å². The van der Waals surface area contributed by atoms with Crippen molar-refractivity contribution in [1.82, 2.24) is 24.7 Å². The first-order chi connectivity index (χ1) is 20.9. The molecule has 3 aromatic rings. The van der Waals surface area contributed by atoms with Gasteiger partial charge < -0.3 is 20.4 Å². The smallest absolute Gasteiger partial charge is 0.244 e. The summed E-state index contributed by atoms with van der Waals surface area (Å²) in [6.07, 6.45) is 2.19. The van der Waals surface area contributed by atoms with Gasteiger partial charge in [0.25, 0.3) is 0 Å². The van der Waals surface area contributed by atoms with Crippen LogP contribution in [0, 0.1) is 11.6 Å². The number of carbonyl (C=O) groups excluding carboxylic acids is 1. The zero-order valence-corrected chi connectivity index (χ0v) is 28.6. The average molecular weight is 701 g/mol. The monoisotopic (exact) mass is 699 g/mol. The molecular formula is C31H41Cl2F2N7O3S. The number of piperazine rings is 1. The molecule has 1 atom stereocenters. The van der Waals surface area contributed by atoms with Crippen LogP contribution in [0.15, 0.2) is 41.3 Å². The highest BCUT2D eigenvalue weighted by atomic mass is 35.5. The highest BCUT2D eigenvalue weighted by Gasteiger charge is 2.48. The number of halogens is 4. The molecule has 6 rings (SSSR count). The van der Waals surface area contributed by atoms with Crippen molar-refractivity contribution in [2.24, 2.45) is 0 Å². The van der Waals surface area contributed by atoms with Gasteiger partial charge in [-0.3, -0.25) is 9.89 Å². The summed E-state index contributed by atoms with van der Waals surface area (Å²) in [6, 6.07) is 8.50. The summed E-state index contributed by atoms with van der Waals surface area (Å²) < 4.78 is 56.2. The van der Waals surface area contributed by atoms with E-state index in [1.165, 1.54) is 4.31 Å². The third kappa shape index (κ3) is 7.04. The first-order valence-corrected chi connectivity index (χ1v) is 16.5. The van der Waals surface area contributed by atoms with E-state index in [1.807, 2.05) is 12.1 Å². The molecule has 4 heterocycles. The molecule has 0 saturated carbocycles. The summed E-state index contributed by atoms with van der Waals surface area (Å²) in [5, 5.41) is 14.4. The number of fused-ring (bicyclic) bond motifs is 1. The first-order valence-electron chi connectivity index (χ1n) is 15.1. The molecule has 0 bridgehead atoms. The van der Waals surface area contributed by atoms with Crippen LogP contribution in [-0.4, -0.2) is 86.0 Å². The van der Waals surface area contributed by atoms with Gasteiger partial charge in [-0.05, 0) is 70.6 Å². The molecule has 3 aliphatic rings. The minimum Gasteiger partial charge on any atom is -0.383 e. The second-order valence-corrected chi connectivity index (χ2v) is 14.4. The minimum atomic E-state index is -4.28. The number of hydrogen-bond acceptors (Lipinski definition) is 8. The molecule has 0 amide bonds. The highest BCUT2D eigenvalue weighted by molar-refractivity contribution is 7.89. The molecule has 0 aliphatic carbocycles. The molecule has 0 spiro atoms. The zero-order chi connectivity index (χ0) is 31.2. The van der Waals surface area contributed by atoms with Crippen molar-refractivity contribution in [3.63, 3.8) is 0 Å². The number of aromatic nitrogens is 2. The summed E-state index contributed by atoms with van der Waals surface area (Å²) in [7, 11) is -2.16. The maximum Gasteiger partial charge on any atom is 0.244 e. The number of carbonyl (C=O) groups is 1. The lowest BCUT2D eigenvalue weighted by Crippen LogP contribution is -2.44. The number of nitrogens with zero attached hydrogens (tertiary/aromatic N) is 4. The number of Topliss-reactive ketones (excluding diaryl/α,β-unsaturated/α-hetero) is 1. The Morgan fingerprint density at radius 2 is 1.76 bits per heavy atom. The number of sulfonamides is 1. The highest BCUT2D eigenvalue weighted by Crippen LogP contribution is 2.43. The van der Waals surface area contributed by atoms with Crippen LogP contribution >= 0.6 is 24.8 Å². The predicted octanol–water partition coefficient (Wildman–Crippen LogP) is 4.31. The van der Waals surface area contributed by atoms with Crippen molar-refractivity contribution in [3.05, 3.63) is 70.5 Å². The number of anilines is 2. The second-order valence-electron chi connectivity index (χ2n) is 12.5. The summed E-state index contributed by atoms with van der Waals surface area (Å²) in [6.45, 7) is 8.74. The Hall–Kier alpha value is -2.81. The molecule has 1 aromatic heterocycles. The molecule has 0 radical (unpaired) electrons. The summed E-state index contributed by atoms with van der Waals surface area (Å²) in [4.78, 5) is 18.0.